The predicted molar refractivity (Wildman–Crippen MR) is 133 cm³/mol. The van der Waals surface area contributed by atoms with Crippen LogP contribution in [0.1, 0.15) is 5.69 Å². The molecular formula is C26H21N5O2S. The SMILES string of the molecule is CS(=O)(=O)c1cncc(-c2nc(NCc3ccccn3)c3c(-c4ccccc4)cccc3n2)c1. The van der Waals surface area contributed by atoms with Gasteiger partial charge < -0.3 is 5.32 Å². The van der Waals surface area contributed by atoms with E-state index in [2.05, 4.69) is 15.3 Å². The van der Waals surface area contributed by atoms with Gasteiger partial charge in [-0.2, -0.15) is 0 Å². The lowest BCUT2D eigenvalue weighted by Crippen LogP contribution is -2.06. The number of sulfone groups is 1. The highest BCUT2D eigenvalue weighted by Gasteiger charge is 2.16. The molecule has 2 aromatic carbocycles. The Morgan fingerprint density at radius 1 is 0.853 bits per heavy atom. The van der Waals surface area contributed by atoms with Crippen LogP contribution in [0.15, 0.2) is 96.3 Å². The Hall–Kier alpha value is -4.17. The van der Waals surface area contributed by atoms with E-state index in [-0.39, 0.29) is 4.90 Å². The Labute approximate surface area is 197 Å². The standard InChI is InChI=1S/C26H21N5O2S/c1-34(32,33)21-14-19(15-27-17-21)25-30-23-12-7-11-22(18-8-3-2-4-9-18)24(23)26(31-25)29-16-20-10-5-6-13-28-20/h2-15,17H,16H2,1H3,(H,29,30,31). The zero-order chi connectivity index (χ0) is 23.5. The van der Waals surface area contributed by atoms with Gasteiger partial charge in [-0.25, -0.2) is 18.4 Å². The molecular weight excluding hydrogens is 446 g/mol. The number of rotatable bonds is 6. The number of hydrogen-bond acceptors (Lipinski definition) is 7. The van der Waals surface area contributed by atoms with Crippen molar-refractivity contribution in [3.8, 4) is 22.5 Å². The van der Waals surface area contributed by atoms with Gasteiger partial charge in [-0.15, -0.1) is 0 Å². The summed E-state index contributed by atoms with van der Waals surface area (Å²) in [6, 6.07) is 23.3. The molecule has 0 spiro atoms. The summed E-state index contributed by atoms with van der Waals surface area (Å²) in [6.07, 6.45) is 5.80. The van der Waals surface area contributed by atoms with Gasteiger partial charge in [0.15, 0.2) is 15.7 Å². The van der Waals surface area contributed by atoms with Crippen LogP contribution in [-0.4, -0.2) is 34.6 Å². The van der Waals surface area contributed by atoms with Crippen molar-refractivity contribution >= 4 is 26.6 Å². The van der Waals surface area contributed by atoms with E-state index in [1.165, 1.54) is 6.20 Å². The summed E-state index contributed by atoms with van der Waals surface area (Å²) in [5.74, 6) is 1.02. The highest BCUT2D eigenvalue weighted by Crippen LogP contribution is 2.34. The first-order valence-electron chi connectivity index (χ1n) is 10.6. The van der Waals surface area contributed by atoms with Gasteiger partial charge in [0.1, 0.15) is 5.82 Å². The van der Waals surface area contributed by atoms with Gasteiger partial charge >= 0.3 is 0 Å². The van der Waals surface area contributed by atoms with Gasteiger partial charge in [-0.05, 0) is 35.4 Å². The fourth-order valence-electron chi connectivity index (χ4n) is 3.72. The third-order valence-corrected chi connectivity index (χ3v) is 6.45. The van der Waals surface area contributed by atoms with Crippen LogP contribution in [0.3, 0.4) is 0 Å². The van der Waals surface area contributed by atoms with Crippen LogP contribution >= 0.6 is 0 Å². The molecule has 1 N–H and O–H groups in total. The second-order valence-corrected chi connectivity index (χ2v) is 9.83. The summed E-state index contributed by atoms with van der Waals surface area (Å²) in [5.41, 5.74) is 4.17. The third-order valence-electron chi connectivity index (χ3n) is 5.37. The van der Waals surface area contributed by atoms with E-state index >= 15 is 0 Å². The highest BCUT2D eigenvalue weighted by molar-refractivity contribution is 7.90. The molecule has 5 aromatic rings. The molecule has 0 radical (unpaired) electrons. The van der Waals surface area contributed by atoms with Crippen molar-refractivity contribution < 1.29 is 8.42 Å². The van der Waals surface area contributed by atoms with Crippen molar-refractivity contribution in [2.45, 2.75) is 11.4 Å². The molecule has 0 bridgehead atoms. The lowest BCUT2D eigenvalue weighted by molar-refractivity contribution is 0.601. The van der Waals surface area contributed by atoms with E-state index < -0.39 is 9.84 Å². The first kappa shape index (κ1) is 21.7. The Morgan fingerprint density at radius 2 is 1.68 bits per heavy atom. The molecule has 168 valence electrons. The molecule has 0 atom stereocenters. The molecule has 0 aliphatic carbocycles. The summed E-state index contributed by atoms with van der Waals surface area (Å²) in [6.45, 7) is 0.469. The molecule has 8 heteroatoms. The molecule has 0 saturated heterocycles. The van der Waals surface area contributed by atoms with E-state index in [1.54, 1.807) is 18.5 Å². The normalized spacial score (nSPS) is 11.4. The molecule has 0 fully saturated rings. The summed E-state index contributed by atoms with van der Waals surface area (Å²) in [5, 5.41) is 4.29. The Morgan fingerprint density at radius 3 is 2.44 bits per heavy atom. The number of fused-ring (bicyclic) bond motifs is 1. The van der Waals surface area contributed by atoms with Crippen molar-refractivity contribution in [2.75, 3.05) is 11.6 Å². The van der Waals surface area contributed by atoms with Gasteiger partial charge in [0.25, 0.3) is 0 Å². The lowest BCUT2D eigenvalue weighted by atomic mass is 10.0. The van der Waals surface area contributed by atoms with Gasteiger partial charge in [-0.1, -0.05) is 48.5 Å². The average molecular weight is 468 g/mol. The van der Waals surface area contributed by atoms with Crippen molar-refractivity contribution in [3.63, 3.8) is 0 Å². The maximum atomic E-state index is 12.1. The summed E-state index contributed by atoms with van der Waals surface area (Å²) >= 11 is 0. The van der Waals surface area contributed by atoms with E-state index in [0.29, 0.717) is 23.8 Å². The third kappa shape index (κ3) is 4.49. The molecule has 0 amide bonds. The quantitative estimate of drug-likeness (QED) is 0.384. The minimum Gasteiger partial charge on any atom is -0.364 e. The Balaban J connectivity index is 1.69. The van der Waals surface area contributed by atoms with Gasteiger partial charge in [0, 0.05) is 30.4 Å². The smallest absolute Gasteiger partial charge is 0.177 e. The summed E-state index contributed by atoms with van der Waals surface area (Å²) in [7, 11) is -3.42. The van der Waals surface area contributed by atoms with Crippen LogP contribution in [0, 0.1) is 0 Å². The van der Waals surface area contributed by atoms with Crippen LogP contribution in [-0.2, 0) is 16.4 Å². The van der Waals surface area contributed by atoms with Gasteiger partial charge in [0.05, 0.1) is 28.0 Å². The van der Waals surface area contributed by atoms with E-state index in [4.69, 9.17) is 9.97 Å². The average Bonchev–Trinajstić information content (AvgIpc) is 2.87. The maximum absolute atomic E-state index is 12.1. The predicted octanol–water partition coefficient (Wildman–Crippen LogP) is 4.77. The number of pyridine rings is 2. The molecule has 5 rings (SSSR count). The maximum Gasteiger partial charge on any atom is 0.177 e. The molecule has 0 aliphatic heterocycles. The van der Waals surface area contributed by atoms with Crippen molar-refractivity contribution in [1.82, 2.24) is 19.9 Å². The number of benzene rings is 2. The molecule has 0 unspecified atom stereocenters. The monoisotopic (exact) mass is 467 g/mol. The fraction of sp³-hybridized carbons (Fsp3) is 0.0769. The second kappa shape index (κ2) is 8.99. The number of nitrogens with one attached hydrogen (secondary N) is 1. The number of hydrogen-bond donors (Lipinski definition) is 1. The van der Waals surface area contributed by atoms with Crippen LogP contribution < -0.4 is 5.32 Å². The Bertz CT molecular complexity index is 1570. The van der Waals surface area contributed by atoms with Gasteiger partial charge in [-0.3, -0.25) is 9.97 Å². The minimum absolute atomic E-state index is 0.120. The lowest BCUT2D eigenvalue weighted by Gasteiger charge is -2.14. The molecule has 0 aliphatic rings. The van der Waals surface area contributed by atoms with Crippen LogP contribution in [0.25, 0.3) is 33.4 Å². The van der Waals surface area contributed by atoms with Crippen molar-refractivity contribution in [2.24, 2.45) is 0 Å². The van der Waals surface area contributed by atoms with E-state index in [9.17, 15) is 8.42 Å². The molecule has 0 saturated carbocycles. The number of nitrogens with zero attached hydrogens (tertiary/aromatic N) is 4. The molecule has 34 heavy (non-hydrogen) atoms. The zero-order valence-electron chi connectivity index (χ0n) is 18.4. The summed E-state index contributed by atoms with van der Waals surface area (Å²) in [4.78, 5) is 18.2. The fourth-order valence-corrected chi connectivity index (χ4v) is 4.31. The molecule has 3 heterocycles. The topological polar surface area (TPSA) is 97.7 Å². The first-order valence-corrected chi connectivity index (χ1v) is 12.5. The molecule has 3 aromatic heterocycles. The van der Waals surface area contributed by atoms with E-state index in [0.717, 1.165) is 34.0 Å². The van der Waals surface area contributed by atoms with Crippen molar-refractivity contribution in [3.05, 3.63) is 97.1 Å². The summed E-state index contributed by atoms with van der Waals surface area (Å²) < 4.78 is 24.1. The van der Waals surface area contributed by atoms with Crippen LogP contribution in [0.5, 0.6) is 0 Å². The first-order chi connectivity index (χ1) is 16.5. The Kier molecular flexibility index (Phi) is 5.73. The largest absolute Gasteiger partial charge is 0.364 e. The van der Waals surface area contributed by atoms with Gasteiger partial charge in [0.2, 0.25) is 0 Å². The zero-order valence-corrected chi connectivity index (χ0v) is 19.2. The number of aromatic nitrogens is 4. The van der Waals surface area contributed by atoms with E-state index in [1.807, 2.05) is 66.7 Å². The second-order valence-electron chi connectivity index (χ2n) is 7.82. The van der Waals surface area contributed by atoms with Crippen LogP contribution in [0.4, 0.5) is 5.82 Å². The minimum atomic E-state index is -3.42. The van der Waals surface area contributed by atoms with Crippen LogP contribution in [0.2, 0.25) is 0 Å². The molecule has 7 nitrogen and oxygen atoms in total. The van der Waals surface area contributed by atoms with Crippen molar-refractivity contribution in [1.29, 1.82) is 0 Å². The highest BCUT2D eigenvalue weighted by atomic mass is 32.2. The number of anilines is 1.